The minimum Gasteiger partial charge on any atom is -0.358 e. The van der Waals surface area contributed by atoms with E-state index in [0.717, 1.165) is 30.9 Å². The van der Waals surface area contributed by atoms with Crippen LogP contribution in [-0.4, -0.2) is 23.5 Å². The van der Waals surface area contributed by atoms with E-state index in [9.17, 15) is 4.79 Å². The SMILES string of the molecule is C=CCNc1nc2c(s1)CC(NC(C)=O)CC2. The Morgan fingerprint density at radius 3 is 3.24 bits per heavy atom. The Morgan fingerprint density at radius 2 is 2.53 bits per heavy atom. The second-order valence-corrected chi connectivity index (χ2v) is 5.28. The zero-order valence-electron chi connectivity index (χ0n) is 9.95. The van der Waals surface area contributed by atoms with Crippen molar-refractivity contribution in [2.45, 2.75) is 32.2 Å². The first-order valence-electron chi connectivity index (χ1n) is 5.79. The smallest absolute Gasteiger partial charge is 0.217 e. The van der Waals surface area contributed by atoms with Gasteiger partial charge in [-0.15, -0.1) is 17.9 Å². The number of hydrogen-bond acceptors (Lipinski definition) is 4. The van der Waals surface area contributed by atoms with Crippen LogP contribution in [0.25, 0.3) is 0 Å². The number of aryl methyl sites for hydroxylation is 1. The summed E-state index contributed by atoms with van der Waals surface area (Å²) in [5, 5.41) is 7.14. The second kappa shape index (κ2) is 5.31. The Balaban J connectivity index is 2.02. The lowest BCUT2D eigenvalue weighted by Gasteiger charge is -2.21. The number of hydrogen-bond donors (Lipinski definition) is 2. The second-order valence-electron chi connectivity index (χ2n) is 4.20. The van der Waals surface area contributed by atoms with Gasteiger partial charge >= 0.3 is 0 Å². The fraction of sp³-hybridized carbons (Fsp3) is 0.500. The van der Waals surface area contributed by atoms with Crippen LogP contribution in [0, 0.1) is 0 Å². The van der Waals surface area contributed by atoms with Crippen molar-refractivity contribution >= 4 is 22.4 Å². The Labute approximate surface area is 105 Å². The van der Waals surface area contributed by atoms with Gasteiger partial charge in [0, 0.05) is 30.8 Å². The standard InChI is InChI=1S/C12H17N3OS/c1-3-6-13-12-15-10-5-4-9(14-8(2)16)7-11(10)17-12/h3,9H,1,4-7H2,2H3,(H,13,15)(H,14,16). The van der Waals surface area contributed by atoms with Crippen molar-refractivity contribution in [3.63, 3.8) is 0 Å². The van der Waals surface area contributed by atoms with Crippen molar-refractivity contribution in [3.8, 4) is 0 Å². The molecule has 1 aliphatic carbocycles. The number of fused-ring (bicyclic) bond motifs is 1. The highest BCUT2D eigenvalue weighted by Crippen LogP contribution is 2.29. The summed E-state index contributed by atoms with van der Waals surface area (Å²) in [5.74, 6) is 0.0490. The number of nitrogens with one attached hydrogen (secondary N) is 2. The summed E-state index contributed by atoms with van der Waals surface area (Å²) in [5.41, 5.74) is 1.18. The van der Waals surface area contributed by atoms with Crippen LogP contribution in [0.2, 0.25) is 0 Å². The summed E-state index contributed by atoms with van der Waals surface area (Å²) in [4.78, 5) is 16.9. The summed E-state index contributed by atoms with van der Waals surface area (Å²) >= 11 is 1.68. The molecule has 4 nitrogen and oxygen atoms in total. The van der Waals surface area contributed by atoms with Crippen molar-refractivity contribution < 1.29 is 4.79 Å². The number of carbonyl (C=O) groups excluding carboxylic acids is 1. The van der Waals surface area contributed by atoms with Crippen molar-refractivity contribution in [2.75, 3.05) is 11.9 Å². The minimum absolute atomic E-state index is 0.0490. The van der Waals surface area contributed by atoms with Gasteiger partial charge in [-0.25, -0.2) is 4.98 Å². The third-order valence-corrected chi connectivity index (χ3v) is 3.82. The molecule has 1 aromatic heterocycles. The number of rotatable bonds is 4. The molecule has 0 spiro atoms. The zero-order valence-corrected chi connectivity index (χ0v) is 10.8. The molecule has 0 fully saturated rings. The molecule has 1 aromatic rings. The minimum atomic E-state index is 0.0490. The van der Waals surface area contributed by atoms with Crippen molar-refractivity contribution in [1.82, 2.24) is 10.3 Å². The highest BCUT2D eigenvalue weighted by atomic mass is 32.1. The van der Waals surface area contributed by atoms with Gasteiger partial charge in [-0.05, 0) is 12.8 Å². The van der Waals surface area contributed by atoms with Gasteiger partial charge in [-0.3, -0.25) is 4.79 Å². The molecule has 1 aliphatic rings. The van der Waals surface area contributed by atoms with Crippen molar-refractivity contribution in [3.05, 3.63) is 23.2 Å². The van der Waals surface area contributed by atoms with Crippen LogP contribution in [0.3, 0.4) is 0 Å². The molecular formula is C12H17N3OS. The quantitative estimate of drug-likeness (QED) is 0.801. The first-order valence-corrected chi connectivity index (χ1v) is 6.61. The van der Waals surface area contributed by atoms with Gasteiger partial charge < -0.3 is 10.6 Å². The fourth-order valence-corrected chi connectivity index (χ4v) is 3.12. The molecule has 17 heavy (non-hydrogen) atoms. The van der Waals surface area contributed by atoms with Crippen molar-refractivity contribution in [1.29, 1.82) is 0 Å². The summed E-state index contributed by atoms with van der Waals surface area (Å²) in [6, 6.07) is 0.271. The maximum Gasteiger partial charge on any atom is 0.217 e. The number of nitrogens with zero attached hydrogens (tertiary/aromatic N) is 1. The number of aromatic nitrogens is 1. The van der Waals surface area contributed by atoms with Gasteiger partial charge in [-0.2, -0.15) is 0 Å². The van der Waals surface area contributed by atoms with Gasteiger partial charge in [0.05, 0.1) is 5.69 Å². The third-order valence-electron chi connectivity index (χ3n) is 2.74. The average molecular weight is 251 g/mol. The van der Waals surface area contributed by atoms with Crippen molar-refractivity contribution in [2.24, 2.45) is 0 Å². The molecule has 0 aromatic carbocycles. The molecule has 1 unspecified atom stereocenters. The van der Waals surface area contributed by atoms with Crippen LogP contribution in [-0.2, 0) is 17.6 Å². The molecule has 0 radical (unpaired) electrons. The predicted octanol–water partition coefficient (Wildman–Crippen LogP) is 1.73. The average Bonchev–Trinajstić information content (AvgIpc) is 2.67. The molecule has 92 valence electrons. The summed E-state index contributed by atoms with van der Waals surface area (Å²) in [7, 11) is 0. The summed E-state index contributed by atoms with van der Waals surface area (Å²) in [6.45, 7) is 5.98. The number of amides is 1. The Kier molecular flexibility index (Phi) is 3.78. The molecule has 0 saturated carbocycles. The Bertz CT molecular complexity index is 427. The van der Waals surface area contributed by atoms with E-state index in [1.165, 1.54) is 10.6 Å². The molecule has 2 rings (SSSR count). The maximum atomic E-state index is 11.0. The molecule has 5 heteroatoms. The molecule has 0 bridgehead atoms. The van der Waals surface area contributed by atoms with Crippen LogP contribution in [0.5, 0.6) is 0 Å². The van der Waals surface area contributed by atoms with Gasteiger partial charge in [0.15, 0.2) is 5.13 Å². The Morgan fingerprint density at radius 1 is 1.71 bits per heavy atom. The summed E-state index contributed by atoms with van der Waals surface area (Å²) in [6.07, 6.45) is 4.66. The Hall–Kier alpha value is -1.36. The zero-order chi connectivity index (χ0) is 12.3. The highest BCUT2D eigenvalue weighted by molar-refractivity contribution is 7.15. The molecule has 1 heterocycles. The van der Waals surface area contributed by atoms with Gasteiger partial charge in [0.1, 0.15) is 0 Å². The van der Waals surface area contributed by atoms with Gasteiger partial charge in [0.2, 0.25) is 5.91 Å². The van der Waals surface area contributed by atoms with E-state index in [1.807, 2.05) is 6.08 Å². The van der Waals surface area contributed by atoms with Crippen LogP contribution >= 0.6 is 11.3 Å². The highest BCUT2D eigenvalue weighted by Gasteiger charge is 2.22. The molecule has 1 atom stereocenters. The first-order chi connectivity index (χ1) is 8.19. The van der Waals surface area contributed by atoms with Crippen LogP contribution < -0.4 is 10.6 Å². The van der Waals surface area contributed by atoms with E-state index in [4.69, 9.17) is 0 Å². The first kappa shape index (κ1) is 12.1. The molecule has 2 N–H and O–H groups in total. The molecule has 0 aliphatic heterocycles. The van der Waals surface area contributed by atoms with Crippen LogP contribution in [0.1, 0.15) is 23.9 Å². The van der Waals surface area contributed by atoms with Gasteiger partial charge in [-0.1, -0.05) is 6.08 Å². The third kappa shape index (κ3) is 3.06. The van der Waals surface area contributed by atoms with E-state index in [-0.39, 0.29) is 11.9 Å². The lowest BCUT2D eigenvalue weighted by molar-refractivity contribution is -0.119. The lowest BCUT2D eigenvalue weighted by Crippen LogP contribution is -2.37. The summed E-state index contributed by atoms with van der Waals surface area (Å²) < 4.78 is 0. The van der Waals surface area contributed by atoms with Crippen LogP contribution in [0.15, 0.2) is 12.7 Å². The van der Waals surface area contributed by atoms with E-state index < -0.39 is 0 Å². The van der Waals surface area contributed by atoms with E-state index in [1.54, 1.807) is 18.3 Å². The van der Waals surface area contributed by atoms with E-state index in [0.29, 0.717) is 0 Å². The largest absolute Gasteiger partial charge is 0.358 e. The lowest BCUT2D eigenvalue weighted by atomic mass is 9.98. The van der Waals surface area contributed by atoms with E-state index in [2.05, 4.69) is 22.2 Å². The topological polar surface area (TPSA) is 54.0 Å². The fourth-order valence-electron chi connectivity index (χ4n) is 2.02. The van der Waals surface area contributed by atoms with Gasteiger partial charge in [0.25, 0.3) is 0 Å². The normalized spacial score (nSPS) is 18.3. The molecular weight excluding hydrogens is 234 g/mol. The molecule has 1 amide bonds. The van der Waals surface area contributed by atoms with Crippen LogP contribution in [0.4, 0.5) is 5.13 Å². The number of thiazole rings is 1. The molecule has 0 saturated heterocycles. The maximum absolute atomic E-state index is 11.0. The van der Waals surface area contributed by atoms with E-state index >= 15 is 0 Å². The monoisotopic (exact) mass is 251 g/mol. The number of carbonyl (C=O) groups is 1. The predicted molar refractivity (Wildman–Crippen MR) is 70.4 cm³/mol. The number of anilines is 1.